The van der Waals surface area contributed by atoms with Gasteiger partial charge in [-0.1, -0.05) is 40.5 Å². The Kier molecular flexibility index (Phi) is 4.98. The summed E-state index contributed by atoms with van der Waals surface area (Å²) in [6.07, 6.45) is 9.87. The third-order valence-electron chi connectivity index (χ3n) is 6.67. The van der Waals surface area contributed by atoms with Gasteiger partial charge in [0.1, 0.15) is 0 Å². The van der Waals surface area contributed by atoms with Gasteiger partial charge < -0.3 is 5.11 Å². The highest BCUT2D eigenvalue weighted by Crippen LogP contribution is 2.54. The Bertz CT molecular complexity index is 283. The molecule has 0 aromatic carbocycles. The molecule has 1 nitrogen and oxygen atoms in total. The lowest BCUT2D eigenvalue weighted by Crippen LogP contribution is -2.28. The van der Waals surface area contributed by atoms with Crippen LogP contribution in [0.2, 0.25) is 0 Å². The molecule has 0 radical (unpaired) electrons. The summed E-state index contributed by atoms with van der Waals surface area (Å²) >= 11 is 0. The standard InChI is InChI=1S/C18H34O/c1-13(12-19)5-7-15-8-9-16(11-15)17-10-6-14(2)18(17,3)4/h13-17,19H,5-12H2,1-4H3. The number of aliphatic hydroxyl groups is 1. The summed E-state index contributed by atoms with van der Waals surface area (Å²) in [6.45, 7) is 10.0. The molecule has 19 heavy (non-hydrogen) atoms. The van der Waals surface area contributed by atoms with E-state index in [1.807, 2.05) is 0 Å². The fourth-order valence-electron chi connectivity index (χ4n) is 4.73. The van der Waals surface area contributed by atoms with Crippen LogP contribution in [-0.2, 0) is 0 Å². The predicted octanol–water partition coefficient (Wildman–Crippen LogP) is 4.88. The molecule has 0 saturated heterocycles. The predicted molar refractivity (Wildman–Crippen MR) is 82.0 cm³/mol. The lowest BCUT2D eigenvalue weighted by Gasteiger charge is -2.35. The topological polar surface area (TPSA) is 20.2 Å². The summed E-state index contributed by atoms with van der Waals surface area (Å²) in [6, 6.07) is 0. The van der Waals surface area contributed by atoms with Crippen molar-refractivity contribution < 1.29 is 5.11 Å². The van der Waals surface area contributed by atoms with Crippen LogP contribution in [0, 0.1) is 35.0 Å². The van der Waals surface area contributed by atoms with E-state index < -0.39 is 0 Å². The normalized spacial score (nSPS) is 39.6. The van der Waals surface area contributed by atoms with E-state index in [0.29, 0.717) is 17.9 Å². The fourth-order valence-corrected chi connectivity index (χ4v) is 4.73. The molecule has 0 aromatic rings. The maximum Gasteiger partial charge on any atom is 0.0456 e. The zero-order valence-corrected chi connectivity index (χ0v) is 13.5. The van der Waals surface area contributed by atoms with Gasteiger partial charge in [0, 0.05) is 6.61 Å². The quantitative estimate of drug-likeness (QED) is 0.751. The molecule has 0 bridgehead atoms. The first-order chi connectivity index (χ1) is 8.95. The molecule has 2 fully saturated rings. The second-order valence-electron chi connectivity index (χ2n) is 8.21. The molecule has 2 rings (SSSR count). The molecular weight excluding hydrogens is 232 g/mol. The second-order valence-corrected chi connectivity index (χ2v) is 8.21. The van der Waals surface area contributed by atoms with E-state index >= 15 is 0 Å². The smallest absolute Gasteiger partial charge is 0.0456 e. The van der Waals surface area contributed by atoms with E-state index in [0.717, 1.165) is 23.7 Å². The van der Waals surface area contributed by atoms with E-state index in [1.165, 1.54) is 44.9 Å². The lowest BCUT2D eigenvalue weighted by atomic mass is 9.70. The molecule has 5 unspecified atom stereocenters. The van der Waals surface area contributed by atoms with Gasteiger partial charge in [-0.05, 0) is 67.1 Å². The summed E-state index contributed by atoms with van der Waals surface area (Å²) < 4.78 is 0. The molecule has 2 aliphatic rings. The first-order valence-electron chi connectivity index (χ1n) is 8.56. The van der Waals surface area contributed by atoms with Crippen LogP contribution in [0.15, 0.2) is 0 Å². The third-order valence-corrected chi connectivity index (χ3v) is 6.67. The third kappa shape index (κ3) is 3.35. The summed E-state index contributed by atoms with van der Waals surface area (Å²) in [5, 5.41) is 9.13. The molecule has 0 spiro atoms. The molecule has 1 heteroatoms. The molecule has 0 aliphatic heterocycles. The number of hydrogen-bond acceptors (Lipinski definition) is 1. The second kappa shape index (κ2) is 6.16. The van der Waals surface area contributed by atoms with Crippen LogP contribution >= 0.6 is 0 Å². The molecule has 0 amide bonds. The summed E-state index contributed by atoms with van der Waals surface area (Å²) in [7, 11) is 0. The average Bonchev–Trinajstić information content (AvgIpc) is 2.93. The summed E-state index contributed by atoms with van der Waals surface area (Å²) in [4.78, 5) is 0. The maximum atomic E-state index is 9.13. The minimum atomic E-state index is 0.364. The molecule has 0 aromatic heterocycles. The fraction of sp³-hybridized carbons (Fsp3) is 1.00. The van der Waals surface area contributed by atoms with E-state index in [1.54, 1.807) is 0 Å². The Morgan fingerprint density at radius 1 is 1.16 bits per heavy atom. The Hall–Kier alpha value is -0.0400. The number of rotatable bonds is 5. The highest BCUT2D eigenvalue weighted by atomic mass is 16.3. The van der Waals surface area contributed by atoms with Gasteiger partial charge in [0.15, 0.2) is 0 Å². The van der Waals surface area contributed by atoms with Gasteiger partial charge in [-0.2, -0.15) is 0 Å². The maximum absolute atomic E-state index is 9.13. The number of hydrogen-bond donors (Lipinski definition) is 1. The van der Waals surface area contributed by atoms with Crippen LogP contribution in [0.1, 0.15) is 72.6 Å². The van der Waals surface area contributed by atoms with Gasteiger partial charge >= 0.3 is 0 Å². The van der Waals surface area contributed by atoms with Crippen LogP contribution in [0.4, 0.5) is 0 Å². The number of aliphatic hydroxyl groups excluding tert-OH is 1. The zero-order chi connectivity index (χ0) is 14.0. The van der Waals surface area contributed by atoms with Crippen LogP contribution in [0.5, 0.6) is 0 Å². The van der Waals surface area contributed by atoms with E-state index in [4.69, 9.17) is 5.11 Å². The summed E-state index contributed by atoms with van der Waals surface area (Å²) in [5.74, 6) is 4.33. The Labute approximate surface area is 120 Å². The van der Waals surface area contributed by atoms with Crippen molar-refractivity contribution >= 4 is 0 Å². The van der Waals surface area contributed by atoms with Gasteiger partial charge in [0.25, 0.3) is 0 Å². The van der Waals surface area contributed by atoms with Gasteiger partial charge in [0.05, 0.1) is 0 Å². The summed E-state index contributed by atoms with van der Waals surface area (Å²) in [5.41, 5.74) is 0.567. The Morgan fingerprint density at radius 2 is 1.89 bits per heavy atom. The first kappa shape index (κ1) is 15.4. The van der Waals surface area contributed by atoms with Gasteiger partial charge in [-0.15, -0.1) is 0 Å². The molecule has 0 heterocycles. The van der Waals surface area contributed by atoms with Gasteiger partial charge in [0.2, 0.25) is 0 Å². The van der Waals surface area contributed by atoms with E-state index in [-0.39, 0.29) is 0 Å². The molecule has 112 valence electrons. The van der Waals surface area contributed by atoms with E-state index in [9.17, 15) is 0 Å². The molecule has 5 atom stereocenters. The zero-order valence-electron chi connectivity index (χ0n) is 13.5. The van der Waals surface area contributed by atoms with Gasteiger partial charge in [-0.25, -0.2) is 0 Å². The van der Waals surface area contributed by atoms with Crippen molar-refractivity contribution in [2.75, 3.05) is 6.61 Å². The van der Waals surface area contributed by atoms with Crippen molar-refractivity contribution in [3.05, 3.63) is 0 Å². The SMILES string of the molecule is CC(CO)CCC1CCC(C2CCC(C)C2(C)C)C1. The van der Waals surface area contributed by atoms with Crippen LogP contribution < -0.4 is 0 Å². The first-order valence-corrected chi connectivity index (χ1v) is 8.56. The molecule has 2 saturated carbocycles. The molecule has 2 aliphatic carbocycles. The lowest BCUT2D eigenvalue weighted by molar-refractivity contribution is 0.137. The average molecular weight is 266 g/mol. The van der Waals surface area contributed by atoms with Crippen molar-refractivity contribution in [3.8, 4) is 0 Å². The highest BCUT2D eigenvalue weighted by molar-refractivity contribution is 4.95. The monoisotopic (exact) mass is 266 g/mol. The van der Waals surface area contributed by atoms with Crippen molar-refractivity contribution in [2.24, 2.45) is 35.0 Å². The van der Waals surface area contributed by atoms with Crippen LogP contribution in [0.25, 0.3) is 0 Å². The van der Waals surface area contributed by atoms with E-state index in [2.05, 4.69) is 27.7 Å². The molecular formula is C18H34O. The minimum absolute atomic E-state index is 0.364. The van der Waals surface area contributed by atoms with Crippen molar-refractivity contribution in [1.29, 1.82) is 0 Å². The molecule has 1 N–H and O–H groups in total. The largest absolute Gasteiger partial charge is 0.396 e. The van der Waals surface area contributed by atoms with Crippen LogP contribution in [-0.4, -0.2) is 11.7 Å². The van der Waals surface area contributed by atoms with Crippen molar-refractivity contribution in [1.82, 2.24) is 0 Å². The highest BCUT2D eigenvalue weighted by Gasteiger charge is 2.45. The van der Waals surface area contributed by atoms with Crippen LogP contribution in [0.3, 0.4) is 0 Å². The Balaban J connectivity index is 1.82. The van der Waals surface area contributed by atoms with Gasteiger partial charge in [-0.3, -0.25) is 0 Å². The van der Waals surface area contributed by atoms with Crippen molar-refractivity contribution in [2.45, 2.75) is 72.6 Å². The minimum Gasteiger partial charge on any atom is -0.396 e. The van der Waals surface area contributed by atoms with Crippen molar-refractivity contribution in [3.63, 3.8) is 0 Å². The Morgan fingerprint density at radius 3 is 2.47 bits per heavy atom.